The summed E-state index contributed by atoms with van der Waals surface area (Å²) in [6.07, 6.45) is 0. The molecule has 66 valence electrons. The Morgan fingerprint density at radius 1 is 1.73 bits per heavy atom. The zero-order chi connectivity index (χ0) is 9.07. The summed E-state index contributed by atoms with van der Waals surface area (Å²) in [5.74, 6) is -0.963. The van der Waals surface area contributed by atoms with E-state index in [-0.39, 0.29) is 5.92 Å². The fourth-order valence-corrected chi connectivity index (χ4v) is 0.635. The maximum Gasteiger partial charge on any atom is 0.328 e. The third kappa shape index (κ3) is 1.89. The summed E-state index contributed by atoms with van der Waals surface area (Å²) in [7, 11) is 1.20. The van der Waals surface area contributed by atoms with E-state index in [0.717, 1.165) is 0 Å². The van der Waals surface area contributed by atoms with E-state index in [1.54, 1.807) is 13.8 Å². The first-order valence-electron chi connectivity index (χ1n) is 3.42. The lowest BCUT2D eigenvalue weighted by molar-refractivity contribution is -0.149. The molecule has 0 rings (SSSR count). The van der Waals surface area contributed by atoms with Gasteiger partial charge >= 0.3 is 5.97 Å². The van der Waals surface area contributed by atoms with Gasteiger partial charge in [0.25, 0.3) is 0 Å². The summed E-state index contributed by atoms with van der Waals surface area (Å²) < 4.78 is 16.7. The van der Waals surface area contributed by atoms with Crippen LogP contribution in [0.25, 0.3) is 0 Å². The molecule has 0 aromatic carbocycles. The minimum atomic E-state index is -1.48. The first-order chi connectivity index (χ1) is 4.99. The molecule has 0 aromatic rings. The molecule has 0 aliphatic rings. The first-order valence-corrected chi connectivity index (χ1v) is 3.42. The Balaban J connectivity index is 4.45. The monoisotopic (exact) mass is 163 g/mol. The standard InChI is InChI=1S/C7H14FNO2/c1-5(2)7(9,4-8)6(10)11-3/h5H,4,9H2,1-3H3. The molecule has 0 spiro atoms. The van der Waals surface area contributed by atoms with Crippen LogP contribution in [-0.2, 0) is 9.53 Å². The van der Waals surface area contributed by atoms with Crippen molar-refractivity contribution in [1.29, 1.82) is 0 Å². The Morgan fingerprint density at radius 2 is 2.18 bits per heavy atom. The predicted molar refractivity (Wildman–Crippen MR) is 39.7 cm³/mol. The Morgan fingerprint density at radius 3 is 2.27 bits per heavy atom. The van der Waals surface area contributed by atoms with Crippen molar-refractivity contribution < 1.29 is 13.9 Å². The van der Waals surface area contributed by atoms with Gasteiger partial charge in [-0.25, -0.2) is 9.18 Å². The summed E-state index contributed by atoms with van der Waals surface area (Å²) >= 11 is 0. The highest BCUT2D eigenvalue weighted by atomic mass is 19.1. The smallest absolute Gasteiger partial charge is 0.328 e. The van der Waals surface area contributed by atoms with E-state index < -0.39 is 18.2 Å². The second-order valence-electron chi connectivity index (χ2n) is 2.82. The number of rotatable bonds is 3. The number of ether oxygens (including phenoxy) is 1. The zero-order valence-electron chi connectivity index (χ0n) is 7.06. The SMILES string of the molecule is COC(=O)C(N)(CF)C(C)C. The van der Waals surface area contributed by atoms with Crippen LogP contribution in [0.5, 0.6) is 0 Å². The number of nitrogens with two attached hydrogens (primary N) is 1. The van der Waals surface area contributed by atoms with Gasteiger partial charge in [-0.2, -0.15) is 0 Å². The van der Waals surface area contributed by atoms with Crippen molar-refractivity contribution in [2.45, 2.75) is 19.4 Å². The number of halogens is 1. The molecule has 0 saturated carbocycles. The Hall–Kier alpha value is -0.640. The van der Waals surface area contributed by atoms with Crippen LogP contribution < -0.4 is 5.73 Å². The van der Waals surface area contributed by atoms with E-state index in [2.05, 4.69) is 4.74 Å². The molecule has 0 amide bonds. The van der Waals surface area contributed by atoms with Gasteiger partial charge < -0.3 is 10.5 Å². The Labute approximate surface area is 65.7 Å². The molecule has 0 aliphatic carbocycles. The van der Waals surface area contributed by atoms with Crippen molar-refractivity contribution in [3.8, 4) is 0 Å². The number of methoxy groups -OCH3 is 1. The normalized spacial score (nSPS) is 16.2. The van der Waals surface area contributed by atoms with Crippen molar-refractivity contribution in [3.05, 3.63) is 0 Å². The molecule has 0 aromatic heterocycles. The van der Waals surface area contributed by atoms with E-state index in [0.29, 0.717) is 0 Å². The minimum absolute atomic E-state index is 0.264. The van der Waals surface area contributed by atoms with Gasteiger partial charge in [0.05, 0.1) is 7.11 Å². The molecule has 2 N–H and O–H groups in total. The number of carbonyl (C=O) groups is 1. The van der Waals surface area contributed by atoms with E-state index in [9.17, 15) is 9.18 Å². The highest BCUT2D eigenvalue weighted by Crippen LogP contribution is 2.15. The van der Waals surface area contributed by atoms with Crippen LogP contribution in [0.15, 0.2) is 0 Å². The van der Waals surface area contributed by atoms with Gasteiger partial charge in [-0.15, -0.1) is 0 Å². The molecule has 11 heavy (non-hydrogen) atoms. The molecular weight excluding hydrogens is 149 g/mol. The Bertz CT molecular complexity index is 149. The fourth-order valence-electron chi connectivity index (χ4n) is 0.635. The van der Waals surface area contributed by atoms with Crippen LogP contribution >= 0.6 is 0 Å². The van der Waals surface area contributed by atoms with Crippen LogP contribution in [0.1, 0.15) is 13.8 Å². The van der Waals surface area contributed by atoms with E-state index >= 15 is 0 Å². The predicted octanol–water partition coefficient (Wildman–Crippen LogP) is 0.482. The number of hydrogen-bond acceptors (Lipinski definition) is 3. The highest BCUT2D eigenvalue weighted by Gasteiger charge is 2.38. The van der Waals surface area contributed by atoms with Crippen molar-refractivity contribution in [1.82, 2.24) is 0 Å². The summed E-state index contributed by atoms with van der Waals surface area (Å²) in [6.45, 7) is 2.46. The first kappa shape index (κ1) is 10.4. The molecule has 0 fully saturated rings. The lowest BCUT2D eigenvalue weighted by Crippen LogP contribution is -2.55. The molecule has 0 heterocycles. The van der Waals surface area contributed by atoms with E-state index in [1.165, 1.54) is 7.11 Å². The third-order valence-electron chi connectivity index (χ3n) is 1.82. The molecule has 0 bridgehead atoms. The van der Waals surface area contributed by atoms with Crippen LogP contribution in [0.4, 0.5) is 4.39 Å². The second kappa shape index (κ2) is 3.67. The van der Waals surface area contributed by atoms with E-state index in [4.69, 9.17) is 5.73 Å². The lowest BCUT2D eigenvalue weighted by Gasteiger charge is -2.26. The molecular formula is C7H14FNO2. The average Bonchev–Trinajstić information content (AvgIpc) is 2.01. The van der Waals surface area contributed by atoms with Gasteiger partial charge in [-0.05, 0) is 5.92 Å². The van der Waals surface area contributed by atoms with E-state index in [1.807, 2.05) is 0 Å². The van der Waals surface area contributed by atoms with Crippen LogP contribution in [0, 0.1) is 5.92 Å². The summed E-state index contributed by atoms with van der Waals surface area (Å²) in [5, 5.41) is 0. The molecule has 4 heteroatoms. The summed E-state index contributed by atoms with van der Waals surface area (Å²) in [5.41, 5.74) is 3.97. The number of esters is 1. The van der Waals surface area contributed by atoms with Gasteiger partial charge in [0, 0.05) is 0 Å². The maximum atomic E-state index is 12.3. The van der Waals surface area contributed by atoms with Crippen molar-refractivity contribution in [3.63, 3.8) is 0 Å². The molecule has 0 aliphatic heterocycles. The Kier molecular flexibility index (Phi) is 3.45. The van der Waals surface area contributed by atoms with Crippen molar-refractivity contribution in [2.75, 3.05) is 13.8 Å². The van der Waals surface area contributed by atoms with Gasteiger partial charge in [0.2, 0.25) is 0 Å². The topological polar surface area (TPSA) is 52.3 Å². The zero-order valence-corrected chi connectivity index (χ0v) is 7.06. The van der Waals surface area contributed by atoms with Crippen molar-refractivity contribution >= 4 is 5.97 Å². The van der Waals surface area contributed by atoms with Crippen LogP contribution in [0.3, 0.4) is 0 Å². The van der Waals surface area contributed by atoms with Gasteiger partial charge in [0.1, 0.15) is 12.2 Å². The van der Waals surface area contributed by atoms with Crippen LogP contribution in [0.2, 0.25) is 0 Å². The minimum Gasteiger partial charge on any atom is -0.468 e. The molecule has 3 nitrogen and oxygen atoms in total. The highest BCUT2D eigenvalue weighted by molar-refractivity contribution is 5.80. The lowest BCUT2D eigenvalue weighted by atomic mass is 9.89. The van der Waals surface area contributed by atoms with Crippen LogP contribution in [-0.4, -0.2) is 25.3 Å². The summed E-state index contributed by atoms with van der Waals surface area (Å²) in [6, 6.07) is 0. The van der Waals surface area contributed by atoms with Crippen molar-refractivity contribution in [2.24, 2.45) is 11.7 Å². The quantitative estimate of drug-likeness (QED) is 0.616. The largest absolute Gasteiger partial charge is 0.468 e. The molecule has 1 atom stereocenters. The third-order valence-corrected chi connectivity index (χ3v) is 1.82. The fraction of sp³-hybridized carbons (Fsp3) is 0.857. The number of carbonyl (C=O) groups excluding carboxylic acids is 1. The number of alkyl halides is 1. The van der Waals surface area contributed by atoms with Gasteiger partial charge in [0.15, 0.2) is 0 Å². The van der Waals surface area contributed by atoms with Gasteiger partial charge in [-0.3, -0.25) is 0 Å². The number of hydrogen-bond donors (Lipinski definition) is 1. The maximum absolute atomic E-state index is 12.3. The molecule has 0 radical (unpaired) electrons. The summed E-state index contributed by atoms with van der Waals surface area (Å²) in [4.78, 5) is 10.9. The molecule has 0 saturated heterocycles. The van der Waals surface area contributed by atoms with Gasteiger partial charge in [-0.1, -0.05) is 13.8 Å². The average molecular weight is 163 g/mol. The molecule has 1 unspecified atom stereocenters. The second-order valence-corrected chi connectivity index (χ2v) is 2.82.